The second-order valence-corrected chi connectivity index (χ2v) is 6.38. The first-order valence-electron chi connectivity index (χ1n) is 8.72. The van der Waals surface area contributed by atoms with Crippen molar-refractivity contribution in [1.82, 2.24) is 15.2 Å². The molecule has 0 unspecified atom stereocenters. The van der Waals surface area contributed by atoms with Crippen LogP contribution in [0.5, 0.6) is 0 Å². The number of nitrogen functional groups attached to an aromatic ring is 1. The largest absolute Gasteiger partial charge is 0.383 e. The number of rotatable bonds is 4. The lowest BCUT2D eigenvalue weighted by Gasteiger charge is -2.15. The van der Waals surface area contributed by atoms with Gasteiger partial charge in [0.15, 0.2) is 5.82 Å². The molecule has 0 saturated carbocycles. The Kier molecular flexibility index (Phi) is 4.05. The quantitative estimate of drug-likeness (QED) is 0.496. The zero-order valence-electron chi connectivity index (χ0n) is 14.9. The molecule has 0 aliphatic heterocycles. The van der Waals surface area contributed by atoms with Crippen molar-refractivity contribution in [3.63, 3.8) is 0 Å². The third-order valence-corrected chi connectivity index (χ3v) is 4.52. The summed E-state index contributed by atoms with van der Waals surface area (Å²) in [5.74, 6) is 1.93. The molecule has 26 heavy (non-hydrogen) atoms. The molecule has 0 aliphatic rings. The van der Waals surface area contributed by atoms with Gasteiger partial charge >= 0.3 is 0 Å². The van der Waals surface area contributed by atoms with Crippen LogP contribution in [-0.2, 0) is 6.42 Å². The van der Waals surface area contributed by atoms with E-state index < -0.39 is 0 Å². The molecular formula is C21H21N5. The fourth-order valence-corrected chi connectivity index (χ4v) is 3.22. The Labute approximate surface area is 152 Å². The molecule has 4 rings (SSSR count). The normalized spacial score (nSPS) is 11.0. The minimum Gasteiger partial charge on any atom is -0.383 e. The van der Waals surface area contributed by atoms with Crippen molar-refractivity contribution < 1.29 is 0 Å². The van der Waals surface area contributed by atoms with Gasteiger partial charge in [-0.25, -0.2) is 4.98 Å². The van der Waals surface area contributed by atoms with E-state index in [1.165, 1.54) is 5.56 Å². The standard InChI is InChI=1S/C21H21N5/c1-3-14-7-6-8-15(12-14)19-16-9-4-5-10-17(16)20(22)24-21(19)23-18-11-13(2)25-26-18/h4-12H,3H2,1-2H3,(H4,22,23,24,25,26). The third kappa shape index (κ3) is 2.88. The van der Waals surface area contributed by atoms with Gasteiger partial charge in [0, 0.05) is 22.7 Å². The van der Waals surface area contributed by atoms with Gasteiger partial charge in [0.1, 0.15) is 11.6 Å². The molecule has 4 N–H and O–H groups in total. The zero-order valence-corrected chi connectivity index (χ0v) is 14.9. The molecule has 4 aromatic rings. The summed E-state index contributed by atoms with van der Waals surface area (Å²) in [6.07, 6.45) is 0.982. The van der Waals surface area contributed by atoms with Crippen LogP contribution >= 0.6 is 0 Å². The highest BCUT2D eigenvalue weighted by molar-refractivity contribution is 6.06. The van der Waals surface area contributed by atoms with Crippen molar-refractivity contribution in [2.75, 3.05) is 11.1 Å². The molecule has 0 spiro atoms. The highest BCUT2D eigenvalue weighted by atomic mass is 15.2. The molecule has 2 aromatic heterocycles. The Morgan fingerprint density at radius 2 is 1.85 bits per heavy atom. The van der Waals surface area contributed by atoms with Crippen LogP contribution in [0.25, 0.3) is 21.9 Å². The van der Waals surface area contributed by atoms with Crippen LogP contribution < -0.4 is 11.1 Å². The number of anilines is 3. The average molecular weight is 343 g/mol. The lowest BCUT2D eigenvalue weighted by molar-refractivity contribution is 1.05. The second-order valence-electron chi connectivity index (χ2n) is 6.38. The van der Waals surface area contributed by atoms with E-state index in [-0.39, 0.29) is 0 Å². The average Bonchev–Trinajstić information content (AvgIpc) is 3.07. The molecule has 2 heterocycles. The predicted octanol–water partition coefficient (Wildman–Crippen LogP) is 4.82. The van der Waals surface area contributed by atoms with Crippen molar-refractivity contribution in [2.24, 2.45) is 0 Å². The van der Waals surface area contributed by atoms with Crippen LogP contribution in [0, 0.1) is 6.92 Å². The lowest BCUT2D eigenvalue weighted by Crippen LogP contribution is -2.02. The number of fused-ring (bicyclic) bond motifs is 1. The molecule has 0 amide bonds. The molecule has 0 saturated heterocycles. The first-order chi connectivity index (χ1) is 12.7. The van der Waals surface area contributed by atoms with E-state index in [1.54, 1.807) is 0 Å². The maximum absolute atomic E-state index is 6.24. The van der Waals surface area contributed by atoms with Crippen molar-refractivity contribution in [3.05, 3.63) is 65.9 Å². The van der Waals surface area contributed by atoms with E-state index in [4.69, 9.17) is 5.73 Å². The van der Waals surface area contributed by atoms with Gasteiger partial charge in [-0.2, -0.15) is 5.10 Å². The molecule has 0 radical (unpaired) electrons. The first-order valence-corrected chi connectivity index (χ1v) is 8.72. The number of hydrogen-bond donors (Lipinski definition) is 3. The number of nitrogens with two attached hydrogens (primary N) is 1. The van der Waals surface area contributed by atoms with Crippen LogP contribution in [0.15, 0.2) is 54.6 Å². The minimum absolute atomic E-state index is 0.505. The Bertz CT molecular complexity index is 1080. The van der Waals surface area contributed by atoms with Crippen LogP contribution in [0.4, 0.5) is 17.5 Å². The monoisotopic (exact) mass is 343 g/mol. The van der Waals surface area contributed by atoms with Crippen LogP contribution in [0.1, 0.15) is 18.2 Å². The summed E-state index contributed by atoms with van der Waals surface area (Å²) >= 11 is 0. The van der Waals surface area contributed by atoms with E-state index in [0.717, 1.165) is 39.8 Å². The van der Waals surface area contributed by atoms with E-state index in [9.17, 15) is 0 Å². The summed E-state index contributed by atoms with van der Waals surface area (Å²) in [7, 11) is 0. The van der Waals surface area contributed by atoms with Gasteiger partial charge in [-0.1, -0.05) is 55.5 Å². The molecule has 5 heteroatoms. The maximum atomic E-state index is 6.24. The summed E-state index contributed by atoms with van der Waals surface area (Å²) in [5.41, 5.74) is 10.7. The summed E-state index contributed by atoms with van der Waals surface area (Å²) in [6, 6.07) is 18.6. The van der Waals surface area contributed by atoms with E-state index in [2.05, 4.69) is 57.8 Å². The number of nitrogens with zero attached hydrogens (tertiary/aromatic N) is 2. The molecular weight excluding hydrogens is 322 g/mol. The van der Waals surface area contributed by atoms with Crippen molar-refractivity contribution >= 4 is 28.2 Å². The Morgan fingerprint density at radius 1 is 1.04 bits per heavy atom. The topological polar surface area (TPSA) is 79.6 Å². The molecule has 2 aromatic carbocycles. The van der Waals surface area contributed by atoms with Gasteiger partial charge in [0.25, 0.3) is 0 Å². The summed E-state index contributed by atoms with van der Waals surface area (Å²) in [4.78, 5) is 4.65. The number of nitrogens with one attached hydrogen (secondary N) is 2. The number of pyridine rings is 1. The highest BCUT2D eigenvalue weighted by Crippen LogP contribution is 2.38. The second kappa shape index (κ2) is 6.52. The Morgan fingerprint density at radius 3 is 2.58 bits per heavy atom. The Balaban J connectivity index is 1.97. The molecule has 130 valence electrons. The van der Waals surface area contributed by atoms with Crippen molar-refractivity contribution in [1.29, 1.82) is 0 Å². The highest BCUT2D eigenvalue weighted by Gasteiger charge is 2.15. The molecule has 5 nitrogen and oxygen atoms in total. The van der Waals surface area contributed by atoms with Gasteiger partial charge in [-0.3, -0.25) is 5.10 Å². The van der Waals surface area contributed by atoms with Gasteiger partial charge in [0.05, 0.1) is 0 Å². The molecule has 0 aliphatic carbocycles. The number of benzene rings is 2. The van der Waals surface area contributed by atoms with Crippen LogP contribution in [0.2, 0.25) is 0 Å². The lowest BCUT2D eigenvalue weighted by atomic mass is 9.97. The van der Waals surface area contributed by atoms with Gasteiger partial charge in [-0.15, -0.1) is 0 Å². The molecule has 0 atom stereocenters. The first kappa shape index (κ1) is 16.1. The van der Waals surface area contributed by atoms with Crippen molar-refractivity contribution in [3.8, 4) is 11.1 Å². The number of aryl methyl sites for hydroxylation is 2. The SMILES string of the molecule is CCc1cccc(-c2c(Nc3cc(C)[nH]n3)nc(N)c3ccccc23)c1. The fraction of sp³-hybridized carbons (Fsp3) is 0.143. The van der Waals surface area contributed by atoms with E-state index in [1.807, 2.05) is 31.2 Å². The minimum atomic E-state index is 0.505. The zero-order chi connectivity index (χ0) is 18.1. The van der Waals surface area contributed by atoms with Gasteiger partial charge < -0.3 is 11.1 Å². The summed E-state index contributed by atoms with van der Waals surface area (Å²) in [6.45, 7) is 4.12. The van der Waals surface area contributed by atoms with Crippen molar-refractivity contribution in [2.45, 2.75) is 20.3 Å². The van der Waals surface area contributed by atoms with Crippen LogP contribution in [-0.4, -0.2) is 15.2 Å². The summed E-state index contributed by atoms with van der Waals surface area (Å²) in [5, 5.41) is 12.6. The Hall–Kier alpha value is -3.34. The van der Waals surface area contributed by atoms with Gasteiger partial charge in [-0.05, 0) is 29.9 Å². The number of aromatic nitrogens is 3. The van der Waals surface area contributed by atoms with E-state index in [0.29, 0.717) is 11.6 Å². The van der Waals surface area contributed by atoms with E-state index >= 15 is 0 Å². The summed E-state index contributed by atoms with van der Waals surface area (Å²) < 4.78 is 0. The predicted molar refractivity (Wildman–Crippen MR) is 108 cm³/mol. The maximum Gasteiger partial charge on any atom is 0.153 e. The van der Waals surface area contributed by atoms with Gasteiger partial charge in [0.2, 0.25) is 0 Å². The van der Waals surface area contributed by atoms with Crippen LogP contribution in [0.3, 0.4) is 0 Å². The number of H-pyrrole nitrogens is 1. The number of aromatic amines is 1. The molecule has 0 bridgehead atoms. The fourth-order valence-electron chi connectivity index (χ4n) is 3.22. The molecule has 0 fully saturated rings. The number of hydrogen-bond acceptors (Lipinski definition) is 4. The third-order valence-electron chi connectivity index (χ3n) is 4.52. The smallest absolute Gasteiger partial charge is 0.153 e.